The van der Waals surface area contributed by atoms with Crippen LogP contribution in [-0.4, -0.2) is 24.0 Å². The number of fused-ring (bicyclic) bond motifs is 1. The van der Waals surface area contributed by atoms with Crippen molar-refractivity contribution in [2.75, 3.05) is 11.9 Å². The molecule has 5 nitrogen and oxygen atoms in total. The molecule has 1 atom stereocenters. The van der Waals surface area contributed by atoms with Crippen LogP contribution in [0.5, 0.6) is 0 Å². The first kappa shape index (κ1) is 25.3. The van der Waals surface area contributed by atoms with Crippen molar-refractivity contribution in [2.24, 2.45) is 0 Å². The number of carbonyl (C=O) groups is 3. The van der Waals surface area contributed by atoms with Gasteiger partial charge in [0.05, 0.1) is 0 Å². The number of amides is 1. The molecule has 0 fully saturated rings. The summed E-state index contributed by atoms with van der Waals surface area (Å²) in [5.41, 5.74) is 7.21. The summed E-state index contributed by atoms with van der Waals surface area (Å²) in [5.74, 6) is -0.262. The SMILES string of the molecule is CC(=O)Nc1ccccc1-c1ccc(CC2NCCc3cc(C(C)=O)c(C(C)=O)cc32)cc1.Cl. The molecule has 0 aromatic heterocycles. The summed E-state index contributed by atoms with van der Waals surface area (Å²) < 4.78 is 0. The van der Waals surface area contributed by atoms with Crippen molar-refractivity contribution in [3.05, 3.63) is 88.5 Å². The molecule has 0 radical (unpaired) electrons. The maximum absolute atomic E-state index is 12.2. The van der Waals surface area contributed by atoms with Crippen LogP contribution in [0.25, 0.3) is 11.1 Å². The Morgan fingerprint density at radius 1 is 0.912 bits per heavy atom. The fourth-order valence-electron chi connectivity index (χ4n) is 4.55. The number of carbonyl (C=O) groups excluding carboxylic acids is 3. The first-order valence-electron chi connectivity index (χ1n) is 11.2. The largest absolute Gasteiger partial charge is 0.326 e. The van der Waals surface area contributed by atoms with E-state index in [4.69, 9.17) is 0 Å². The summed E-state index contributed by atoms with van der Waals surface area (Å²) in [6.07, 6.45) is 1.61. The topological polar surface area (TPSA) is 75.3 Å². The standard InChI is InChI=1S/C28H28N2O3.ClH/c1-17(31)24-15-22-12-13-29-28(26(22)16-25(24)18(2)32)14-20-8-10-21(11-9-20)23-6-4-5-7-27(23)30-19(3)33;/h4-11,15-16,28-29H,12-14H2,1-3H3,(H,30,33);1H. The zero-order valence-electron chi connectivity index (χ0n) is 19.6. The predicted octanol–water partition coefficient (Wildman–Crippen LogP) is 5.57. The average molecular weight is 477 g/mol. The fourth-order valence-corrected chi connectivity index (χ4v) is 4.55. The number of Topliss-reactive ketones (excluding diaryl/α,β-unsaturated/α-hetero) is 2. The lowest BCUT2D eigenvalue weighted by Crippen LogP contribution is -2.32. The van der Waals surface area contributed by atoms with E-state index in [2.05, 4.69) is 34.9 Å². The van der Waals surface area contributed by atoms with Crippen LogP contribution in [0.4, 0.5) is 5.69 Å². The molecule has 1 unspecified atom stereocenters. The van der Waals surface area contributed by atoms with Gasteiger partial charge in [0.15, 0.2) is 11.6 Å². The predicted molar refractivity (Wildman–Crippen MR) is 138 cm³/mol. The number of hydrogen-bond acceptors (Lipinski definition) is 4. The lowest BCUT2D eigenvalue weighted by Gasteiger charge is -2.28. The van der Waals surface area contributed by atoms with Gasteiger partial charge in [0.2, 0.25) is 5.91 Å². The van der Waals surface area contributed by atoms with Crippen molar-refractivity contribution in [1.29, 1.82) is 0 Å². The number of para-hydroxylation sites is 1. The van der Waals surface area contributed by atoms with Crippen molar-refractivity contribution < 1.29 is 14.4 Å². The van der Waals surface area contributed by atoms with Crippen LogP contribution < -0.4 is 10.6 Å². The van der Waals surface area contributed by atoms with Gasteiger partial charge in [-0.15, -0.1) is 12.4 Å². The summed E-state index contributed by atoms with van der Waals surface area (Å²) in [6.45, 7) is 5.36. The van der Waals surface area contributed by atoms with Crippen molar-refractivity contribution >= 4 is 35.6 Å². The number of nitrogens with one attached hydrogen (secondary N) is 2. The van der Waals surface area contributed by atoms with E-state index in [1.54, 1.807) is 0 Å². The Balaban J connectivity index is 0.00000324. The molecule has 34 heavy (non-hydrogen) atoms. The van der Waals surface area contributed by atoms with E-state index >= 15 is 0 Å². The Labute approximate surface area is 206 Å². The highest BCUT2D eigenvalue weighted by atomic mass is 35.5. The van der Waals surface area contributed by atoms with Gasteiger partial charge in [0.25, 0.3) is 0 Å². The molecule has 2 N–H and O–H groups in total. The lowest BCUT2D eigenvalue weighted by atomic mass is 9.85. The van der Waals surface area contributed by atoms with Gasteiger partial charge in [-0.2, -0.15) is 0 Å². The number of anilines is 1. The molecule has 0 bridgehead atoms. The van der Waals surface area contributed by atoms with Crippen LogP contribution in [0, 0.1) is 0 Å². The highest BCUT2D eigenvalue weighted by Gasteiger charge is 2.24. The molecule has 3 aromatic carbocycles. The zero-order valence-corrected chi connectivity index (χ0v) is 20.4. The van der Waals surface area contributed by atoms with Crippen LogP contribution in [0.1, 0.15) is 64.2 Å². The summed E-state index contributed by atoms with van der Waals surface area (Å²) in [7, 11) is 0. The number of hydrogen-bond donors (Lipinski definition) is 2. The molecule has 1 aliphatic heterocycles. The highest BCUT2D eigenvalue weighted by molar-refractivity contribution is 6.07. The molecule has 176 valence electrons. The first-order chi connectivity index (χ1) is 15.8. The van der Waals surface area contributed by atoms with Crippen molar-refractivity contribution in [2.45, 2.75) is 39.7 Å². The molecule has 0 aliphatic carbocycles. The normalized spacial score (nSPS) is 14.5. The van der Waals surface area contributed by atoms with E-state index in [-0.39, 0.29) is 35.9 Å². The third-order valence-corrected chi connectivity index (χ3v) is 6.14. The molecule has 0 saturated carbocycles. The molecular weight excluding hydrogens is 448 g/mol. The summed E-state index contributed by atoms with van der Waals surface area (Å²) in [4.78, 5) is 35.8. The molecule has 6 heteroatoms. The quantitative estimate of drug-likeness (QED) is 0.456. The van der Waals surface area contributed by atoms with Crippen molar-refractivity contribution in [1.82, 2.24) is 5.32 Å². The van der Waals surface area contributed by atoms with Crippen LogP contribution in [-0.2, 0) is 17.6 Å². The second-order valence-corrected chi connectivity index (χ2v) is 8.59. The van der Waals surface area contributed by atoms with Crippen LogP contribution >= 0.6 is 12.4 Å². The van der Waals surface area contributed by atoms with Gasteiger partial charge in [0.1, 0.15) is 0 Å². The number of ketones is 2. The van der Waals surface area contributed by atoms with E-state index < -0.39 is 0 Å². The smallest absolute Gasteiger partial charge is 0.221 e. The lowest BCUT2D eigenvalue weighted by molar-refractivity contribution is -0.114. The minimum Gasteiger partial charge on any atom is -0.326 e. The average Bonchev–Trinajstić information content (AvgIpc) is 2.79. The van der Waals surface area contributed by atoms with Gasteiger partial charge >= 0.3 is 0 Å². The third-order valence-electron chi connectivity index (χ3n) is 6.14. The van der Waals surface area contributed by atoms with E-state index in [1.165, 1.54) is 26.3 Å². The fraction of sp³-hybridized carbons (Fsp3) is 0.250. The van der Waals surface area contributed by atoms with E-state index in [9.17, 15) is 14.4 Å². The van der Waals surface area contributed by atoms with Gasteiger partial charge in [-0.05, 0) is 73.7 Å². The zero-order chi connectivity index (χ0) is 23.5. The Morgan fingerprint density at radius 3 is 2.21 bits per heavy atom. The molecule has 0 saturated heterocycles. The van der Waals surface area contributed by atoms with Crippen LogP contribution in [0.2, 0.25) is 0 Å². The highest BCUT2D eigenvalue weighted by Crippen LogP contribution is 2.32. The van der Waals surface area contributed by atoms with Gasteiger partial charge in [-0.3, -0.25) is 14.4 Å². The summed E-state index contributed by atoms with van der Waals surface area (Å²) in [6, 6.07) is 20.0. The number of halogens is 1. The maximum atomic E-state index is 12.2. The van der Waals surface area contributed by atoms with Crippen molar-refractivity contribution in [3.63, 3.8) is 0 Å². The minimum atomic E-state index is -0.0982. The summed E-state index contributed by atoms with van der Waals surface area (Å²) >= 11 is 0. The molecular formula is C28H29ClN2O3. The third kappa shape index (κ3) is 5.44. The molecule has 1 heterocycles. The Kier molecular flexibility index (Phi) is 8.02. The van der Waals surface area contributed by atoms with Crippen LogP contribution in [0.15, 0.2) is 60.7 Å². The van der Waals surface area contributed by atoms with E-state index in [0.29, 0.717) is 11.1 Å². The Bertz CT molecular complexity index is 1230. The van der Waals surface area contributed by atoms with Gasteiger partial charge in [-0.1, -0.05) is 42.5 Å². The van der Waals surface area contributed by atoms with Gasteiger partial charge < -0.3 is 10.6 Å². The molecule has 3 aromatic rings. The Morgan fingerprint density at radius 2 is 1.56 bits per heavy atom. The van der Waals surface area contributed by atoms with Gasteiger partial charge in [-0.25, -0.2) is 0 Å². The monoisotopic (exact) mass is 476 g/mol. The second-order valence-electron chi connectivity index (χ2n) is 8.59. The molecule has 1 aliphatic rings. The molecule has 4 rings (SSSR count). The number of rotatable bonds is 6. The maximum Gasteiger partial charge on any atom is 0.221 e. The van der Waals surface area contributed by atoms with Gasteiger partial charge in [0, 0.05) is 35.3 Å². The van der Waals surface area contributed by atoms with Crippen molar-refractivity contribution in [3.8, 4) is 11.1 Å². The Hall–Kier alpha value is -3.28. The van der Waals surface area contributed by atoms with E-state index in [0.717, 1.165) is 47.3 Å². The first-order valence-corrected chi connectivity index (χ1v) is 11.2. The molecule has 0 spiro atoms. The van der Waals surface area contributed by atoms with E-state index in [1.807, 2.05) is 36.4 Å². The minimum absolute atomic E-state index is 0. The van der Waals surface area contributed by atoms with Crippen LogP contribution in [0.3, 0.4) is 0 Å². The molecule has 1 amide bonds. The number of benzene rings is 3. The summed E-state index contributed by atoms with van der Waals surface area (Å²) in [5, 5.41) is 6.46. The second kappa shape index (κ2) is 10.8.